The molecule has 29 heavy (non-hydrogen) atoms. The van der Waals surface area contributed by atoms with Crippen LogP contribution in [0.3, 0.4) is 0 Å². The lowest BCUT2D eigenvalue weighted by molar-refractivity contribution is 0.0742. The molecule has 0 spiro atoms. The molecule has 0 aromatic heterocycles. The molecule has 152 valence electrons. The van der Waals surface area contributed by atoms with Gasteiger partial charge in [-0.15, -0.1) is 0 Å². The number of hydrogen-bond acceptors (Lipinski definition) is 4. The zero-order valence-electron chi connectivity index (χ0n) is 15.2. The molecule has 1 amide bonds. The maximum atomic E-state index is 14.5. The monoisotopic (exact) mass is 421 g/mol. The van der Waals surface area contributed by atoms with Crippen LogP contribution in [0.15, 0.2) is 41.5 Å². The van der Waals surface area contributed by atoms with E-state index in [1.807, 2.05) is 0 Å². The molecule has 1 aliphatic heterocycles. The van der Waals surface area contributed by atoms with Crippen LogP contribution in [0.5, 0.6) is 0 Å². The van der Waals surface area contributed by atoms with E-state index in [1.54, 1.807) is 11.0 Å². The Morgan fingerprint density at radius 1 is 1.07 bits per heavy atom. The number of nitrogens with zero attached hydrogens (tertiary/aromatic N) is 3. The van der Waals surface area contributed by atoms with Crippen molar-refractivity contribution in [3.8, 4) is 0 Å². The first-order valence-corrected chi connectivity index (χ1v) is 9.14. The van der Waals surface area contributed by atoms with Crippen LogP contribution in [-0.4, -0.2) is 48.3 Å². The van der Waals surface area contributed by atoms with E-state index in [-0.39, 0.29) is 48.1 Å². The molecule has 1 saturated heterocycles. The number of hydrogen-bond donors (Lipinski definition) is 2. The van der Waals surface area contributed by atoms with Gasteiger partial charge in [0.1, 0.15) is 17.5 Å². The Morgan fingerprint density at radius 3 is 2.41 bits per heavy atom. The molecule has 1 heterocycles. The van der Waals surface area contributed by atoms with Crippen LogP contribution < -0.4 is 16.1 Å². The number of thiocarbonyl (C=S) groups is 1. The maximum Gasteiger partial charge on any atom is 0.256 e. The maximum absolute atomic E-state index is 14.5. The number of halogens is 3. The minimum atomic E-state index is -0.667. The van der Waals surface area contributed by atoms with E-state index in [0.717, 1.165) is 18.3 Å². The van der Waals surface area contributed by atoms with Crippen LogP contribution in [0.4, 0.5) is 18.9 Å². The van der Waals surface area contributed by atoms with Gasteiger partial charge < -0.3 is 15.5 Å². The van der Waals surface area contributed by atoms with E-state index >= 15 is 0 Å². The lowest BCUT2D eigenvalue weighted by atomic mass is 10.1. The molecule has 3 N–H and O–H groups in total. The van der Waals surface area contributed by atoms with Crippen LogP contribution in [0.25, 0.3) is 0 Å². The first-order chi connectivity index (χ1) is 13.9. The van der Waals surface area contributed by atoms with Gasteiger partial charge in [0.2, 0.25) is 0 Å². The third-order valence-corrected chi connectivity index (χ3v) is 4.55. The predicted octanol–water partition coefficient (Wildman–Crippen LogP) is 2.23. The summed E-state index contributed by atoms with van der Waals surface area (Å²) in [4.78, 5) is 15.6. The minimum absolute atomic E-state index is 0.00705. The second kappa shape index (κ2) is 8.91. The van der Waals surface area contributed by atoms with Gasteiger partial charge in [0.25, 0.3) is 5.91 Å². The number of amides is 1. The Labute approximate surface area is 170 Å². The van der Waals surface area contributed by atoms with Crippen LogP contribution in [-0.2, 0) is 0 Å². The zero-order valence-corrected chi connectivity index (χ0v) is 16.1. The summed E-state index contributed by atoms with van der Waals surface area (Å²) < 4.78 is 42.6. The second-order valence-electron chi connectivity index (χ2n) is 6.32. The smallest absolute Gasteiger partial charge is 0.256 e. The Balaban J connectivity index is 1.68. The van der Waals surface area contributed by atoms with Crippen LogP contribution in [0.1, 0.15) is 15.9 Å². The SMILES string of the molecule is NC(=S)N/N=C/c1cc(F)c(N2CCN(C(=O)c3ccccc3F)CC2)cc1F. The third-order valence-electron chi connectivity index (χ3n) is 4.46. The lowest BCUT2D eigenvalue weighted by Gasteiger charge is -2.36. The third kappa shape index (κ3) is 4.83. The zero-order chi connectivity index (χ0) is 21.0. The first kappa shape index (κ1) is 20.6. The number of carbonyl (C=O) groups is 1. The molecule has 2 aromatic rings. The molecule has 2 aromatic carbocycles. The van der Waals surface area contributed by atoms with Gasteiger partial charge in [-0.3, -0.25) is 10.2 Å². The molecule has 0 bridgehead atoms. The number of rotatable bonds is 4. The highest BCUT2D eigenvalue weighted by molar-refractivity contribution is 7.80. The second-order valence-corrected chi connectivity index (χ2v) is 6.76. The average Bonchev–Trinajstić information content (AvgIpc) is 2.70. The Kier molecular flexibility index (Phi) is 6.32. The largest absolute Gasteiger partial charge is 0.375 e. The first-order valence-electron chi connectivity index (χ1n) is 8.73. The lowest BCUT2D eigenvalue weighted by Crippen LogP contribution is -2.49. The van der Waals surface area contributed by atoms with E-state index in [9.17, 15) is 18.0 Å². The van der Waals surface area contributed by atoms with Crippen molar-refractivity contribution in [2.45, 2.75) is 0 Å². The fourth-order valence-electron chi connectivity index (χ4n) is 3.01. The molecular formula is C19H18F3N5OS. The van der Waals surface area contributed by atoms with E-state index in [0.29, 0.717) is 0 Å². The number of hydrazone groups is 1. The minimum Gasteiger partial charge on any atom is -0.375 e. The Bertz CT molecular complexity index is 961. The van der Waals surface area contributed by atoms with Crippen molar-refractivity contribution < 1.29 is 18.0 Å². The van der Waals surface area contributed by atoms with Gasteiger partial charge in [0, 0.05) is 37.8 Å². The van der Waals surface area contributed by atoms with E-state index < -0.39 is 23.4 Å². The highest BCUT2D eigenvalue weighted by atomic mass is 32.1. The Hall–Kier alpha value is -3.14. The van der Waals surface area contributed by atoms with Crippen molar-refractivity contribution in [2.24, 2.45) is 10.8 Å². The molecule has 0 radical (unpaired) electrons. The molecule has 0 atom stereocenters. The van der Waals surface area contributed by atoms with E-state index in [1.165, 1.54) is 23.1 Å². The predicted molar refractivity (Wildman–Crippen MR) is 108 cm³/mol. The molecule has 1 fully saturated rings. The number of carbonyl (C=O) groups excluding carboxylic acids is 1. The standard InChI is InChI=1S/C19H18F3N5OS/c20-14-4-2-1-3-13(14)18(28)27-7-5-26(6-8-27)17-10-15(21)12(9-16(17)22)11-24-25-19(23)29/h1-4,9-11H,5-8H2,(H3,23,25,29)/b24-11+. The quantitative estimate of drug-likeness (QED) is 0.450. The topological polar surface area (TPSA) is 74.0 Å². The molecule has 0 saturated carbocycles. The number of piperazine rings is 1. The summed E-state index contributed by atoms with van der Waals surface area (Å²) in [7, 11) is 0. The number of nitrogens with two attached hydrogens (primary N) is 1. The molecule has 0 aliphatic carbocycles. The highest BCUT2D eigenvalue weighted by Crippen LogP contribution is 2.24. The van der Waals surface area contributed by atoms with E-state index in [4.69, 9.17) is 5.73 Å². The van der Waals surface area contributed by atoms with Gasteiger partial charge in [0.05, 0.1) is 17.5 Å². The summed E-state index contributed by atoms with van der Waals surface area (Å²) in [5.74, 6) is -2.31. The normalized spacial score (nSPS) is 14.3. The van der Waals surface area contributed by atoms with Gasteiger partial charge in [-0.2, -0.15) is 5.10 Å². The van der Waals surface area contributed by atoms with Crippen molar-refractivity contribution in [1.82, 2.24) is 10.3 Å². The molecule has 6 nitrogen and oxygen atoms in total. The summed E-state index contributed by atoms with van der Waals surface area (Å²) in [6, 6.07) is 7.84. The van der Waals surface area contributed by atoms with Gasteiger partial charge in [-0.25, -0.2) is 13.2 Å². The van der Waals surface area contributed by atoms with Crippen molar-refractivity contribution in [2.75, 3.05) is 31.1 Å². The fourth-order valence-corrected chi connectivity index (χ4v) is 3.07. The van der Waals surface area contributed by atoms with Crippen molar-refractivity contribution >= 4 is 35.1 Å². The fraction of sp³-hybridized carbons (Fsp3) is 0.211. The summed E-state index contributed by atoms with van der Waals surface area (Å²) >= 11 is 4.57. The summed E-state index contributed by atoms with van der Waals surface area (Å²) in [6.45, 7) is 1.09. The number of benzene rings is 2. The van der Waals surface area contributed by atoms with Crippen LogP contribution in [0.2, 0.25) is 0 Å². The van der Waals surface area contributed by atoms with Crippen molar-refractivity contribution in [3.05, 3.63) is 65.0 Å². The van der Waals surface area contributed by atoms with E-state index in [2.05, 4.69) is 22.7 Å². The molecule has 0 unspecified atom stereocenters. The van der Waals surface area contributed by atoms with Crippen molar-refractivity contribution in [1.29, 1.82) is 0 Å². The average molecular weight is 421 g/mol. The number of nitrogens with one attached hydrogen (secondary N) is 1. The molecular weight excluding hydrogens is 403 g/mol. The Morgan fingerprint density at radius 2 is 1.76 bits per heavy atom. The highest BCUT2D eigenvalue weighted by Gasteiger charge is 2.25. The van der Waals surface area contributed by atoms with Gasteiger partial charge in [-0.05, 0) is 30.4 Å². The summed E-state index contributed by atoms with van der Waals surface area (Å²) in [5.41, 5.74) is 7.48. The van der Waals surface area contributed by atoms with Gasteiger partial charge in [-0.1, -0.05) is 12.1 Å². The van der Waals surface area contributed by atoms with Gasteiger partial charge >= 0.3 is 0 Å². The number of anilines is 1. The molecule has 10 heteroatoms. The van der Waals surface area contributed by atoms with Crippen LogP contribution >= 0.6 is 12.2 Å². The van der Waals surface area contributed by atoms with Gasteiger partial charge in [0.15, 0.2) is 5.11 Å². The summed E-state index contributed by atoms with van der Waals surface area (Å²) in [6.07, 6.45) is 1.08. The molecule has 3 rings (SSSR count). The van der Waals surface area contributed by atoms with Crippen molar-refractivity contribution in [3.63, 3.8) is 0 Å². The summed E-state index contributed by atoms with van der Waals surface area (Å²) in [5, 5.41) is 3.52. The van der Waals surface area contributed by atoms with Crippen LogP contribution in [0, 0.1) is 17.5 Å². The molecule has 1 aliphatic rings.